The third-order valence-corrected chi connectivity index (χ3v) is 0. The van der Waals surface area contributed by atoms with Gasteiger partial charge in [0.15, 0.2) is 0 Å². The van der Waals surface area contributed by atoms with E-state index < -0.39 is 0 Å². The molecule has 0 aliphatic carbocycles. The minimum atomic E-state index is 0. The van der Waals surface area contributed by atoms with Crippen molar-refractivity contribution in [3.05, 3.63) is 0 Å². The molecule has 0 spiro atoms. The quantitative estimate of drug-likeness (QED) is 0.332. The number of hydrogen-bond donors (Lipinski definition) is 0. The molecule has 0 unspecified atom stereocenters. The molecule has 0 fully saturated rings. The van der Waals surface area contributed by atoms with Crippen LogP contribution >= 0.6 is 0 Å². The monoisotopic (exact) mass is 51.0 g/mol. The van der Waals surface area contributed by atoms with Crippen LogP contribution in [0.2, 0.25) is 0 Å². The van der Waals surface area contributed by atoms with E-state index in [1.54, 1.807) is 0 Å². The van der Waals surface area contributed by atoms with Gasteiger partial charge in [-0.05, 0) is 0 Å². The largest absolute Gasteiger partial charge is 0.373 e. The summed E-state index contributed by atoms with van der Waals surface area (Å²) in [5.41, 5.74) is 0. The molecule has 3 heteroatoms. The third-order valence-electron chi connectivity index (χ3n) is 0. The fourth-order valence-electron chi connectivity index (χ4n) is 0. The molecule has 0 rings (SSSR count). The second-order valence-corrected chi connectivity index (χ2v) is 0.0833. The first-order valence-corrected chi connectivity index (χ1v) is 0.408. The number of rotatable bonds is 0. The van der Waals surface area contributed by atoms with Crippen LogP contribution in [-0.2, 0) is 9.59 Å². The second kappa shape index (κ2) is 12.2. The predicted octanol–water partition coefficient (Wildman–Crippen LogP) is -0.964. The van der Waals surface area contributed by atoms with Gasteiger partial charge < -0.3 is 0 Å². The van der Waals surface area contributed by atoms with Crippen molar-refractivity contribution < 1.29 is 9.59 Å². The predicted molar refractivity (Wildman–Crippen MR) is 10.8 cm³/mol. The van der Waals surface area contributed by atoms with Crippen molar-refractivity contribution in [2.24, 2.45) is 0 Å². The molecule has 4 heavy (non-hydrogen) atoms. The SMILES string of the molecule is O=C=O.[Li]. The topological polar surface area (TPSA) is 34.1 Å². The Bertz CT molecular complexity index is 27.0. The molecule has 0 aromatic rings. The van der Waals surface area contributed by atoms with Gasteiger partial charge in [-0.15, -0.1) is 0 Å². The maximum atomic E-state index is 8.12. The van der Waals surface area contributed by atoms with Crippen molar-refractivity contribution in [2.75, 3.05) is 0 Å². The fourth-order valence-corrected chi connectivity index (χ4v) is 0. The molecule has 0 heterocycles. The number of carbonyl (C=O) groups excluding carboxylic acids is 2. The molecule has 0 aromatic heterocycles. The number of hydrogen-bond acceptors (Lipinski definition) is 2. The van der Waals surface area contributed by atoms with Gasteiger partial charge in [-0.25, -0.2) is 0 Å². The zero-order valence-corrected chi connectivity index (χ0v) is 2.32. The third kappa shape index (κ3) is 3700. The van der Waals surface area contributed by atoms with Crippen LogP contribution in [0.15, 0.2) is 0 Å². The summed E-state index contributed by atoms with van der Waals surface area (Å²) < 4.78 is 0. The van der Waals surface area contributed by atoms with Gasteiger partial charge in [-0.2, -0.15) is 9.59 Å². The minimum Gasteiger partial charge on any atom is -0.186 e. The molecule has 0 bridgehead atoms. The van der Waals surface area contributed by atoms with Crippen LogP contribution in [0.1, 0.15) is 0 Å². The maximum absolute atomic E-state index is 8.12. The molecule has 0 atom stereocenters. The minimum absolute atomic E-state index is 0. The Morgan fingerprint density at radius 1 is 1.25 bits per heavy atom. The Balaban J connectivity index is 0. The normalized spacial score (nSPS) is 2.00. The molecule has 0 amide bonds. The van der Waals surface area contributed by atoms with E-state index >= 15 is 0 Å². The van der Waals surface area contributed by atoms with E-state index in [2.05, 4.69) is 0 Å². The molecule has 17 valence electrons. The molecule has 1 radical (unpaired) electrons. The van der Waals surface area contributed by atoms with E-state index in [9.17, 15) is 0 Å². The Labute approximate surface area is 35.4 Å². The van der Waals surface area contributed by atoms with Crippen LogP contribution in [0.4, 0.5) is 0 Å². The van der Waals surface area contributed by atoms with Gasteiger partial charge in [0.1, 0.15) is 0 Å². The van der Waals surface area contributed by atoms with Gasteiger partial charge >= 0.3 is 6.15 Å². The van der Waals surface area contributed by atoms with E-state index in [0.29, 0.717) is 0 Å². The van der Waals surface area contributed by atoms with Crippen molar-refractivity contribution in [1.29, 1.82) is 0 Å². The molecule has 0 aromatic carbocycles. The summed E-state index contributed by atoms with van der Waals surface area (Å²) in [5, 5.41) is 0. The van der Waals surface area contributed by atoms with Crippen molar-refractivity contribution in [1.82, 2.24) is 0 Å². The van der Waals surface area contributed by atoms with Gasteiger partial charge in [-0.3, -0.25) is 0 Å². The van der Waals surface area contributed by atoms with Crippen LogP contribution in [0.3, 0.4) is 0 Å². The van der Waals surface area contributed by atoms with Gasteiger partial charge in [0, 0.05) is 18.9 Å². The molecular weight excluding hydrogens is 51.0 g/mol. The smallest absolute Gasteiger partial charge is 0.186 e. The Morgan fingerprint density at radius 2 is 1.25 bits per heavy atom. The molecular formula is CLiO2. The van der Waals surface area contributed by atoms with E-state index in [1.807, 2.05) is 0 Å². The van der Waals surface area contributed by atoms with Crippen LogP contribution < -0.4 is 0 Å². The Morgan fingerprint density at radius 3 is 1.25 bits per heavy atom. The zero-order valence-electron chi connectivity index (χ0n) is 2.32. The van der Waals surface area contributed by atoms with Gasteiger partial charge in [0.25, 0.3) is 0 Å². The van der Waals surface area contributed by atoms with E-state index in [4.69, 9.17) is 9.59 Å². The summed E-state index contributed by atoms with van der Waals surface area (Å²) in [6, 6.07) is 0. The summed E-state index contributed by atoms with van der Waals surface area (Å²) in [4.78, 5) is 16.2. The average Bonchev–Trinajstić information content (AvgIpc) is 0.918. The van der Waals surface area contributed by atoms with Crippen molar-refractivity contribution in [2.45, 2.75) is 0 Å². The zero-order chi connectivity index (χ0) is 2.71. The standard InChI is InChI=1S/CO2.Li/c2-1-3;. The summed E-state index contributed by atoms with van der Waals surface area (Å²) >= 11 is 0. The summed E-state index contributed by atoms with van der Waals surface area (Å²) in [6.07, 6.45) is 0.250. The molecule has 0 N–H and O–H groups in total. The van der Waals surface area contributed by atoms with Gasteiger partial charge in [0.2, 0.25) is 0 Å². The first-order valence-electron chi connectivity index (χ1n) is 0.408. The molecule has 0 aliphatic rings. The van der Waals surface area contributed by atoms with Crippen molar-refractivity contribution >= 4 is 25.0 Å². The van der Waals surface area contributed by atoms with Crippen molar-refractivity contribution in [3.8, 4) is 0 Å². The van der Waals surface area contributed by atoms with E-state index in [0.717, 1.165) is 0 Å². The first kappa shape index (κ1) is 9.02. The second-order valence-electron chi connectivity index (χ2n) is 0.0833. The van der Waals surface area contributed by atoms with E-state index in [1.165, 1.54) is 0 Å². The van der Waals surface area contributed by atoms with Crippen LogP contribution in [0.25, 0.3) is 0 Å². The average molecular weight is 51.0 g/mol. The van der Waals surface area contributed by atoms with Gasteiger partial charge in [-0.1, -0.05) is 0 Å². The summed E-state index contributed by atoms with van der Waals surface area (Å²) in [7, 11) is 0. The van der Waals surface area contributed by atoms with Crippen LogP contribution in [0.5, 0.6) is 0 Å². The van der Waals surface area contributed by atoms with Gasteiger partial charge in [0.05, 0.1) is 0 Å². The van der Waals surface area contributed by atoms with Crippen molar-refractivity contribution in [3.63, 3.8) is 0 Å². The van der Waals surface area contributed by atoms with Crippen LogP contribution in [0, 0.1) is 0 Å². The molecule has 0 saturated carbocycles. The Hall–Kier alpha value is -0.0226. The summed E-state index contributed by atoms with van der Waals surface area (Å²) in [5.74, 6) is 0. The van der Waals surface area contributed by atoms with Crippen LogP contribution in [-0.4, -0.2) is 25.0 Å². The molecule has 0 saturated heterocycles. The van der Waals surface area contributed by atoms with E-state index in [-0.39, 0.29) is 25.0 Å². The summed E-state index contributed by atoms with van der Waals surface area (Å²) in [6.45, 7) is 0. The first-order chi connectivity index (χ1) is 1.41. The fraction of sp³-hybridized carbons (Fsp3) is 0. The Kier molecular flexibility index (Phi) is 27.5. The molecule has 0 aliphatic heterocycles. The molecule has 2 nitrogen and oxygen atoms in total. The maximum Gasteiger partial charge on any atom is 0.373 e.